The number of amides is 1. The molecule has 0 aliphatic heterocycles. The van der Waals surface area contributed by atoms with Gasteiger partial charge >= 0.3 is 0 Å². The molecule has 3 heteroatoms. The van der Waals surface area contributed by atoms with Gasteiger partial charge in [0, 0.05) is 25.3 Å². The van der Waals surface area contributed by atoms with Crippen molar-refractivity contribution in [3.63, 3.8) is 0 Å². The molecule has 0 aliphatic carbocycles. The zero-order valence-electron chi connectivity index (χ0n) is 9.43. The van der Waals surface area contributed by atoms with Gasteiger partial charge in [0.1, 0.15) is 5.78 Å². The maximum Gasteiger partial charge on any atom is 0.220 e. The van der Waals surface area contributed by atoms with Gasteiger partial charge in [-0.2, -0.15) is 0 Å². The summed E-state index contributed by atoms with van der Waals surface area (Å²) in [7, 11) is 0. The number of ketones is 1. The lowest BCUT2D eigenvalue weighted by molar-refractivity contribution is -0.127. The summed E-state index contributed by atoms with van der Waals surface area (Å²) < 4.78 is 0. The van der Waals surface area contributed by atoms with Gasteiger partial charge in [-0.1, -0.05) is 20.8 Å². The van der Waals surface area contributed by atoms with Crippen LogP contribution in [-0.2, 0) is 9.59 Å². The van der Waals surface area contributed by atoms with Crippen molar-refractivity contribution in [1.29, 1.82) is 0 Å². The topological polar surface area (TPSA) is 46.2 Å². The summed E-state index contributed by atoms with van der Waals surface area (Å²) in [5.41, 5.74) is 0. The normalized spacial score (nSPS) is 12.2. The van der Waals surface area contributed by atoms with Gasteiger partial charge in [0.2, 0.25) is 5.91 Å². The van der Waals surface area contributed by atoms with Crippen molar-refractivity contribution in [1.82, 2.24) is 5.32 Å². The first kappa shape index (κ1) is 13.1. The predicted molar refractivity (Wildman–Crippen MR) is 57.0 cm³/mol. The van der Waals surface area contributed by atoms with Crippen LogP contribution in [-0.4, -0.2) is 18.2 Å². The second kappa shape index (κ2) is 7.54. The summed E-state index contributed by atoms with van der Waals surface area (Å²) in [6.45, 7) is 6.60. The van der Waals surface area contributed by atoms with E-state index in [0.29, 0.717) is 19.4 Å². The number of nitrogens with one attached hydrogen (secondary N) is 1. The molecule has 0 saturated heterocycles. The Morgan fingerprint density at radius 1 is 1.21 bits per heavy atom. The van der Waals surface area contributed by atoms with Crippen molar-refractivity contribution >= 4 is 11.7 Å². The lowest BCUT2D eigenvalue weighted by Crippen LogP contribution is -2.25. The van der Waals surface area contributed by atoms with Crippen LogP contribution in [0.5, 0.6) is 0 Å². The number of carbonyl (C=O) groups excluding carboxylic acids is 2. The maximum atomic E-state index is 11.4. The smallest absolute Gasteiger partial charge is 0.220 e. The molecule has 1 atom stereocenters. The number of rotatable bonds is 7. The number of hydrogen-bond acceptors (Lipinski definition) is 2. The minimum Gasteiger partial charge on any atom is -0.356 e. The molecule has 14 heavy (non-hydrogen) atoms. The van der Waals surface area contributed by atoms with Crippen LogP contribution in [0, 0.1) is 5.92 Å². The molecule has 0 rings (SSSR count). The Labute approximate surface area is 86.3 Å². The van der Waals surface area contributed by atoms with Crippen LogP contribution in [0.4, 0.5) is 0 Å². The van der Waals surface area contributed by atoms with E-state index in [4.69, 9.17) is 0 Å². The second-order valence-electron chi connectivity index (χ2n) is 3.63. The molecule has 82 valence electrons. The molecule has 0 aromatic carbocycles. The third kappa shape index (κ3) is 5.73. The van der Waals surface area contributed by atoms with E-state index < -0.39 is 0 Å². The van der Waals surface area contributed by atoms with Crippen molar-refractivity contribution < 1.29 is 9.59 Å². The quantitative estimate of drug-likeness (QED) is 0.680. The van der Waals surface area contributed by atoms with Crippen molar-refractivity contribution in [2.75, 3.05) is 6.54 Å². The summed E-state index contributed by atoms with van der Waals surface area (Å²) in [6.07, 6.45) is 2.51. The first-order valence-electron chi connectivity index (χ1n) is 5.41. The van der Waals surface area contributed by atoms with E-state index in [2.05, 4.69) is 5.32 Å². The molecule has 0 heterocycles. The zero-order chi connectivity index (χ0) is 11.0. The molecule has 0 aliphatic rings. The highest BCUT2D eigenvalue weighted by molar-refractivity contribution is 5.86. The highest BCUT2D eigenvalue weighted by atomic mass is 16.2. The van der Waals surface area contributed by atoms with Crippen molar-refractivity contribution in [3.8, 4) is 0 Å². The number of carbonyl (C=O) groups is 2. The molecule has 0 radical (unpaired) electrons. The highest BCUT2D eigenvalue weighted by Gasteiger charge is 2.11. The van der Waals surface area contributed by atoms with Crippen LogP contribution in [0.2, 0.25) is 0 Å². The Bertz CT molecular complexity index is 190. The largest absolute Gasteiger partial charge is 0.356 e. The van der Waals surface area contributed by atoms with Crippen LogP contribution in [0.1, 0.15) is 46.5 Å². The third-order valence-corrected chi connectivity index (χ3v) is 2.33. The van der Waals surface area contributed by atoms with E-state index in [0.717, 1.165) is 12.8 Å². The molecule has 1 unspecified atom stereocenters. The lowest BCUT2D eigenvalue weighted by atomic mass is 10.00. The van der Waals surface area contributed by atoms with Gasteiger partial charge in [0.25, 0.3) is 0 Å². The average molecular weight is 199 g/mol. The monoisotopic (exact) mass is 199 g/mol. The van der Waals surface area contributed by atoms with Crippen LogP contribution >= 0.6 is 0 Å². The van der Waals surface area contributed by atoms with Gasteiger partial charge in [-0.3, -0.25) is 9.59 Å². The van der Waals surface area contributed by atoms with Crippen LogP contribution in [0.25, 0.3) is 0 Å². The molecule has 3 nitrogen and oxygen atoms in total. The third-order valence-electron chi connectivity index (χ3n) is 2.33. The van der Waals surface area contributed by atoms with E-state index in [-0.39, 0.29) is 17.6 Å². The number of hydrogen-bond donors (Lipinski definition) is 1. The molecule has 0 bridgehead atoms. The van der Waals surface area contributed by atoms with Gasteiger partial charge in [-0.15, -0.1) is 0 Å². The first-order valence-corrected chi connectivity index (χ1v) is 5.41. The Morgan fingerprint density at radius 3 is 2.36 bits per heavy atom. The maximum absolute atomic E-state index is 11.4. The van der Waals surface area contributed by atoms with Gasteiger partial charge in [-0.05, 0) is 12.8 Å². The SMILES string of the molecule is CCCNC(=O)CCC(=O)C(C)CC. The van der Waals surface area contributed by atoms with Crippen LogP contribution < -0.4 is 5.32 Å². The van der Waals surface area contributed by atoms with E-state index in [1.54, 1.807) is 0 Å². The Hall–Kier alpha value is -0.860. The standard InChI is InChI=1S/C11H21NO2/c1-4-8-12-11(14)7-6-10(13)9(3)5-2/h9H,4-8H2,1-3H3,(H,12,14). The van der Waals surface area contributed by atoms with Crippen molar-refractivity contribution in [2.24, 2.45) is 5.92 Å². The van der Waals surface area contributed by atoms with Crippen molar-refractivity contribution in [2.45, 2.75) is 46.5 Å². The molecule has 0 aromatic heterocycles. The Balaban J connectivity index is 3.61. The number of Topliss-reactive ketones (excluding diaryl/α,β-unsaturated/α-hetero) is 1. The summed E-state index contributed by atoms with van der Waals surface area (Å²) in [4.78, 5) is 22.5. The summed E-state index contributed by atoms with van der Waals surface area (Å²) in [5.74, 6) is 0.275. The molecular formula is C11H21NO2. The van der Waals surface area contributed by atoms with Gasteiger partial charge in [0.15, 0.2) is 0 Å². The molecule has 0 aromatic rings. The van der Waals surface area contributed by atoms with E-state index in [1.165, 1.54) is 0 Å². The average Bonchev–Trinajstić information content (AvgIpc) is 2.21. The van der Waals surface area contributed by atoms with Gasteiger partial charge in [0.05, 0.1) is 0 Å². The van der Waals surface area contributed by atoms with Crippen LogP contribution in [0.3, 0.4) is 0 Å². The molecule has 0 saturated carbocycles. The molecule has 0 fully saturated rings. The Morgan fingerprint density at radius 2 is 1.86 bits per heavy atom. The summed E-state index contributed by atoms with van der Waals surface area (Å²) in [5, 5.41) is 2.75. The molecule has 1 N–H and O–H groups in total. The lowest BCUT2D eigenvalue weighted by Gasteiger charge is -2.07. The fraction of sp³-hybridized carbons (Fsp3) is 0.818. The zero-order valence-corrected chi connectivity index (χ0v) is 9.43. The molecular weight excluding hydrogens is 178 g/mol. The fourth-order valence-electron chi connectivity index (χ4n) is 1.06. The molecule has 1 amide bonds. The predicted octanol–water partition coefficient (Wildman–Crippen LogP) is 1.91. The fourth-order valence-corrected chi connectivity index (χ4v) is 1.06. The summed E-state index contributed by atoms with van der Waals surface area (Å²) in [6, 6.07) is 0. The van der Waals surface area contributed by atoms with Crippen LogP contribution in [0.15, 0.2) is 0 Å². The first-order chi connectivity index (χ1) is 6.61. The van der Waals surface area contributed by atoms with E-state index in [1.807, 2.05) is 20.8 Å². The van der Waals surface area contributed by atoms with E-state index in [9.17, 15) is 9.59 Å². The van der Waals surface area contributed by atoms with Gasteiger partial charge in [-0.25, -0.2) is 0 Å². The second-order valence-corrected chi connectivity index (χ2v) is 3.63. The Kier molecular flexibility index (Phi) is 7.07. The minimum atomic E-state index is -0.0106. The van der Waals surface area contributed by atoms with E-state index >= 15 is 0 Å². The van der Waals surface area contributed by atoms with Crippen molar-refractivity contribution in [3.05, 3.63) is 0 Å². The van der Waals surface area contributed by atoms with Gasteiger partial charge < -0.3 is 5.32 Å². The highest BCUT2D eigenvalue weighted by Crippen LogP contribution is 2.06. The summed E-state index contributed by atoms with van der Waals surface area (Å²) >= 11 is 0. The molecule has 0 spiro atoms. The minimum absolute atomic E-state index is 0.0106.